The topological polar surface area (TPSA) is 241 Å². The van der Waals surface area contributed by atoms with Gasteiger partial charge in [-0.3, -0.25) is 13.7 Å². The van der Waals surface area contributed by atoms with Crippen LogP contribution in [0.3, 0.4) is 0 Å². The fourth-order valence-electron chi connectivity index (χ4n) is 7.45. The van der Waals surface area contributed by atoms with Gasteiger partial charge in [-0.15, -0.1) is 0 Å². The molecule has 14 nitrogen and oxygen atoms in total. The van der Waals surface area contributed by atoms with E-state index < -0.39 is 30.4 Å². The first-order valence-corrected chi connectivity index (χ1v) is 22.3. The minimum Gasteiger partial charge on any atom is -0.396 e. The van der Waals surface area contributed by atoms with E-state index in [2.05, 4.69) is 21.8 Å². The molecule has 9 rings (SSSR count). The van der Waals surface area contributed by atoms with Crippen LogP contribution in [0.25, 0.3) is 88.6 Å². The van der Waals surface area contributed by atoms with Gasteiger partial charge in [-0.05, 0) is 85.6 Å². The minimum absolute atomic E-state index is 0.0845. The number of rotatable bonds is 6. The van der Waals surface area contributed by atoms with E-state index in [-0.39, 0.29) is 21.3 Å². The summed E-state index contributed by atoms with van der Waals surface area (Å²) in [6.07, 6.45) is 1.98. The number of aliphatic hydroxyl groups is 1. The zero-order valence-corrected chi connectivity index (χ0v) is 32.9. The molecule has 0 radical (unpaired) electrons. The van der Waals surface area contributed by atoms with Gasteiger partial charge in [0.2, 0.25) is 0 Å². The van der Waals surface area contributed by atoms with E-state index in [9.17, 15) is 38.9 Å². The predicted octanol–water partition coefficient (Wildman–Crippen LogP) is 7.54. The third-order valence-electron chi connectivity index (χ3n) is 10.2. The molecule has 0 saturated heterocycles. The molecular formula is C42H30N4O10S3. The fraction of sp³-hybridized carbons (Fsp3) is 0.0952. The molecule has 0 unspecified atom stereocenters. The average Bonchev–Trinajstić information content (AvgIpc) is 3.91. The van der Waals surface area contributed by atoms with E-state index in [1.54, 1.807) is 30.3 Å². The third-order valence-corrected chi connectivity index (χ3v) is 12.8. The molecule has 0 amide bonds. The molecule has 2 aliphatic rings. The van der Waals surface area contributed by atoms with Gasteiger partial charge in [0.15, 0.2) is 0 Å². The van der Waals surface area contributed by atoms with Crippen molar-refractivity contribution in [3.8, 4) is 56.9 Å². The van der Waals surface area contributed by atoms with E-state index in [0.29, 0.717) is 90.7 Å². The van der Waals surface area contributed by atoms with Gasteiger partial charge in [0.25, 0.3) is 30.4 Å². The average molecular weight is 847 g/mol. The van der Waals surface area contributed by atoms with Gasteiger partial charge in [-0.1, -0.05) is 36.1 Å². The van der Waals surface area contributed by atoms with Crippen molar-refractivity contribution in [2.75, 3.05) is 6.61 Å². The van der Waals surface area contributed by atoms with E-state index in [1.165, 1.54) is 48.5 Å². The van der Waals surface area contributed by atoms with Gasteiger partial charge in [0, 0.05) is 84.5 Å². The van der Waals surface area contributed by atoms with Crippen LogP contribution in [-0.2, 0) is 30.4 Å². The Morgan fingerprint density at radius 3 is 1.39 bits per heavy atom. The summed E-state index contributed by atoms with van der Waals surface area (Å²) in [7, 11) is -13.9. The molecule has 59 heavy (non-hydrogen) atoms. The molecule has 5 heterocycles. The molecule has 17 heteroatoms. The highest BCUT2D eigenvalue weighted by Gasteiger charge is 2.24. The van der Waals surface area contributed by atoms with Gasteiger partial charge >= 0.3 is 0 Å². The molecule has 2 aliphatic heterocycles. The maximum Gasteiger partial charge on any atom is 0.294 e. The summed E-state index contributed by atoms with van der Waals surface area (Å²) in [5.41, 5.74) is 5.92. The van der Waals surface area contributed by atoms with Crippen LogP contribution in [0.5, 0.6) is 0 Å². The lowest BCUT2D eigenvalue weighted by atomic mass is 10.0. The quantitative estimate of drug-likeness (QED) is 0.0540. The summed E-state index contributed by atoms with van der Waals surface area (Å²) in [6.45, 7) is 0.0845. The Morgan fingerprint density at radius 1 is 0.475 bits per heavy atom. The lowest BCUT2D eigenvalue weighted by molar-refractivity contribution is 0.285. The van der Waals surface area contributed by atoms with Crippen LogP contribution in [0.1, 0.15) is 24.8 Å². The number of hydrogen-bond acceptors (Lipinski definition) is 9. The second-order valence-electron chi connectivity index (χ2n) is 14.0. The number of aromatic nitrogens is 4. The Morgan fingerprint density at radius 2 is 0.898 bits per heavy atom. The van der Waals surface area contributed by atoms with Crippen LogP contribution in [0, 0.1) is 11.8 Å². The zero-order chi connectivity index (χ0) is 41.4. The van der Waals surface area contributed by atoms with Crippen LogP contribution in [0.15, 0.2) is 112 Å². The van der Waals surface area contributed by atoms with E-state index >= 15 is 0 Å². The van der Waals surface area contributed by atoms with Gasteiger partial charge in [-0.2, -0.15) is 25.3 Å². The molecule has 3 aromatic heterocycles. The number of aliphatic hydroxyl groups excluding tert-OH is 1. The fourth-order valence-corrected chi connectivity index (χ4v) is 8.97. The van der Waals surface area contributed by atoms with Crippen molar-refractivity contribution in [2.45, 2.75) is 33.9 Å². The minimum atomic E-state index is -4.64. The van der Waals surface area contributed by atoms with Crippen LogP contribution in [0.4, 0.5) is 0 Å². The first-order chi connectivity index (χ1) is 28.0. The molecule has 6 N–H and O–H groups in total. The van der Waals surface area contributed by atoms with Crippen molar-refractivity contribution in [2.24, 2.45) is 0 Å². The Kier molecular flexibility index (Phi) is 9.06. The van der Waals surface area contributed by atoms with Gasteiger partial charge < -0.3 is 15.1 Å². The third kappa shape index (κ3) is 7.06. The summed E-state index contributed by atoms with van der Waals surface area (Å²) >= 11 is 0. The highest BCUT2D eigenvalue weighted by molar-refractivity contribution is 7.86. The number of nitrogens with one attached hydrogen (secondary N) is 2. The second-order valence-corrected chi connectivity index (χ2v) is 18.3. The number of unbranched alkanes of at least 4 members (excludes halogenated alkanes) is 2. The molecule has 0 fully saturated rings. The highest BCUT2D eigenvalue weighted by atomic mass is 32.2. The number of aromatic amines is 2. The Balaban J connectivity index is 1.43. The molecule has 0 saturated carbocycles. The summed E-state index contributed by atoms with van der Waals surface area (Å²) in [6, 6.07) is 24.7. The molecule has 0 spiro atoms. The molecule has 0 aliphatic carbocycles. The van der Waals surface area contributed by atoms with Crippen molar-refractivity contribution >= 4 is 74.0 Å². The Bertz CT molecular complexity index is 3530. The standard InChI is InChI=1S/C42H30N4O10S3/c47-14-4-2-1-3-5-23-6-10-27-31(15-23)39-19-36-28-11-7-24(57(48,49)50)16-32(28)41(44-36)21-38-30-13-9-26(59(54,55)56)18-34(30)42(46-38)22-37-29-12-8-25(58(51,52)53)17-33(29)40(45-37)20-35(27)43-39/h6-13,15-22,43,46-47H,1-2,4,14H2,(H,48,49,50)(H,51,52,53)(H,54,55,56). The number of H-pyrrole nitrogens is 2. The number of fused-ring (bicyclic) bond motifs is 20. The van der Waals surface area contributed by atoms with Crippen molar-refractivity contribution in [1.29, 1.82) is 0 Å². The van der Waals surface area contributed by atoms with Crippen molar-refractivity contribution in [3.05, 3.63) is 103 Å². The summed E-state index contributed by atoms with van der Waals surface area (Å²) in [5.74, 6) is 6.34. The van der Waals surface area contributed by atoms with Gasteiger partial charge in [0.05, 0.1) is 37.5 Å². The maximum absolute atomic E-state index is 12.3. The summed E-state index contributed by atoms with van der Waals surface area (Å²) < 4.78 is 104. The molecule has 0 atom stereocenters. The molecule has 7 aromatic rings. The molecule has 8 bridgehead atoms. The van der Waals surface area contributed by atoms with E-state index in [4.69, 9.17) is 15.1 Å². The van der Waals surface area contributed by atoms with Crippen LogP contribution >= 0.6 is 0 Å². The number of benzene rings is 4. The predicted molar refractivity (Wildman–Crippen MR) is 222 cm³/mol. The molecule has 4 aromatic carbocycles. The Labute approximate surface area is 336 Å². The molecule has 296 valence electrons. The second kappa shape index (κ2) is 14.0. The van der Waals surface area contributed by atoms with Gasteiger partial charge in [-0.25, -0.2) is 9.97 Å². The highest BCUT2D eigenvalue weighted by Crippen LogP contribution is 2.42. The van der Waals surface area contributed by atoms with E-state index in [1.807, 2.05) is 18.2 Å². The van der Waals surface area contributed by atoms with Crippen molar-refractivity contribution in [3.63, 3.8) is 0 Å². The van der Waals surface area contributed by atoms with Crippen molar-refractivity contribution in [1.82, 2.24) is 19.9 Å². The number of hydrogen-bond donors (Lipinski definition) is 6. The molecular weight excluding hydrogens is 817 g/mol. The first-order valence-electron chi connectivity index (χ1n) is 18.0. The first kappa shape index (κ1) is 38.3. The van der Waals surface area contributed by atoms with Crippen LogP contribution in [-0.4, -0.2) is 70.6 Å². The monoisotopic (exact) mass is 846 g/mol. The zero-order valence-electron chi connectivity index (χ0n) is 30.4. The van der Waals surface area contributed by atoms with Crippen molar-refractivity contribution < 1.29 is 44.0 Å². The lowest BCUT2D eigenvalue weighted by Crippen LogP contribution is -1.98. The normalized spacial score (nSPS) is 12.6. The smallest absolute Gasteiger partial charge is 0.294 e. The summed E-state index contributed by atoms with van der Waals surface area (Å²) in [5, 5.41) is 11.5. The summed E-state index contributed by atoms with van der Waals surface area (Å²) in [4.78, 5) is 15.5. The van der Waals surface area contributed by atoms with E-state index in [0.717, 1.165) is 22.8 Å². The van der Waals surface area contributed by atoms with Crippen LogP contribution < -0.4 is 0 Å². The van der Waals surface area contributed by atoms with Crippen LogP contribution in [0.2, 0.25) is 0 Å². The Hall–Kier alpha value is -6.23. The number of nitrogens with zero attached hydrogens (tertiary/aromatic N) is 2. The largest absolute Gasteiger partial charge is 0.396 e. The maximum atomic E-state index is 12.3. The SMILES string of the molecule is O=S(=O)(O)c1ccc2c(c1)-c1cc3[nH]c(cc4nc(cc5[nH]c(cc-2n1)c1cc(S(=O)(=O)O)ccc51)-c1cc(S(=O)(=O)O)ccc1-4)c1cc(C#CCCCCO)ccc31. The van der Waals surface area contributed by atoms with Gasteiger partial charge in [0.1, 0.15) is 0 Å². The lowest BCUT2D eigenvalue weighted by Gasteiger charge is -2.03.